The predicted molar refractivity (Wildman–Crippen MR) is 89.0 cm³/mol. The van der Waals surface area contributed by atoms with Crippen molar-refractivity contribution in [1.82, 2.24) is 14.5 Å². The SMILES string of the molecule is Cn1ccnc1C[C@H](Nc1ccncc1Cl)c1ccccc1. The second kappa shape index (κ2) is 6.62. The maximum absolute atomic E-state index is 6.22. The van der Waals surface area contributed by atoms with Gasteiger partial charge in [0.05, 0.1) is 16.8 Å². The summed E-state index contributed by atoms with van der Waals surface area (Å²) < 4.78 is 2.03. The van der Waals surface area contributed by atoms with E-state index in [1.54, 1.807) is 12.4 Å². The number of aryl methyl sites for hydroxylation is 1. The molecule has 0 fully saturated rings. The Morgan fingerprint density at radius 2 is 2.00 bits per heavy atom. The Balaban J connectivity index is 1.90. The van der Waals surface area contributed by atoms with Crippen LogP contribution in [0.25, 0.3) is 0 Å². The fourth-order valence-electron chi connectivity index (χ4n) is 2.39. The largest absolute Gasteiger partial charge is 0.376 e. The zero-order valence-corrected chi connectivity index (χ0v) is 13.0. The van der Waals surface area contributed by atoms with Crippen molar-refractivity contribution in [2.45, 2.75) is 12.5 Å². The first-order chi connectivity index (χ1) is 10.7. The van der Waals surface area contributed by atoms with Gasteiger partial charge in [-0.25, -0.2) is 4.98 Å². The Morgan fingerprint density at radius 1 is 1.18 bits per heavy atom. The topological polar surface area (TPSA) is 42.7 Å². The van der Waals surface area contributed by atoms with Crippen molar-refractivity contribution in [2.24, 2.45) is 7.05 Å². The van der Waals surface area contributed by atoms with Gasteiger partial charge < -0.3 is 9.88 Å². The molecule has 0 aliphatic carbocycles. The molecule has 0 amide bonds. The molecule has 5 heteroatoms. The maximum Gasteiger partial charge on any atom is 0.110 e. The quantitative estimate of drug-likeness (QED) is 0.778. The minimum absolute atomic E-state index is 0.0854. The summed E-state index contributed by atoms with van der Waals surface area (Å²) in [4.78, 5) is 8.45. The van der Waals surface area contributed by atoms with Crippen LogP contribution < -0.4 is 5.32 Å². The van der Waals surface area contributed by atoms with E-state index >= 15 is 0 Å². The third-order valence-electron chi connectivity index (χ3n) is 3.61. The molecule has 22 heavy (non-hydrogen) atoms. The summed E-state index contributed by atoms with van der Waals surface area (Å²) in [5.41, 5.74) is 2.07. The Bertz CT molecular complexity index is 739. The van der Waals surface area contributed by atoms with E-state index < -0.39 is 0 Å². The van der Waals surface area contributed by atoms with Gasteiger partial charge in [0.25, 0.3) is 0 Å². The van der Waals surface area contributed by atoms with Crippen LogP contribution in [0.3, 0.4) is 0 Å². The lowest BCUT2D eigenvalue weighted by Crippen LogP contribution is -2.16. The molecular formula is C17H17ClN4. The van der Waals surface area contributed by atoms with Crippen LogP contribution in [-0.4, -0.2) is 14.5 Å². The molecule has 2 heterocycles. The first-order valence-corrected chi connectivity index (χ1v) is 7.49. The molecular weight excluding hydrogens is 296 g/mol. The van der Waals surface area contributed by atoms with Crippen LogP contribution in [0.5, 0.6) is 0 Å². The molecule has 1 N–H and O–H groups in total. The molecule has 0 unspecified atom stereocenters. The molecule has 0 saturated carbocycles. The molecule has 0 aliphatic rings. The molecule has 2 aromatic heterocycles. The summed E-state index contributed by atoms with van der Waals surface area (Å²) in [6.07, 6.45) is 7.92. The number of aromatic nitrogens is 3. The number of pyridine rings is 1. The Hall–Kier alpha value is -2.33. The van der Waals surface area contributed by atoms with Crippen LogP contribution in [0.4, 0.5) is 5.69 Å². The second-order valence-corrected chi connectivity index (χ2v) is 5.53. The average Bonchev–Trinajstić information content (AvgIpc) is 2.95. The predicted octanol–water partition coefficient (Wildman–Crippen LogP) is 3.86. The highest BCUT2D eigenvalue weighted by Gasteiger charge is 2.15. The Morgan fingerprint density at radius 3 is 2.68 bits per heavy atom. The van der Waals surface area contributed by atoms with E-state index in [4.69, 9.17) is 11.6 Å². The number of rotatable bonds is 5. The van der Waals surface area contributed by atoms with Gasteiger partial charge in [0.15, 0.2) is 0 Å². The molecule has 0 saturated heterocycles. The van der Waals surface area contributed by atoms with E-state index in [9.17, 15) is 0 Å². The Labute approximate surface area is 134 Å². The normalized spacial score (nSPS) is 12.1. The maximum atomic E-state index is 6.22. The van der Waals surface area contributed by atoms with Crippen molar-refractivity contribution in [1.29, 1.82) is 0 Å². The van der Waals surface area contributed by atoms with Gasteiger partial charge in [0.1, 0.15) is 5.82 Å². The van der Waals surface area contributed by atoms with Gasteiger partial charge in [-0.05, 0) is 11.6 Å². The molecule has 112 valence electrons. The van der Waals surface area contributed by atoms with Crippen LogP contribution in [0.15, 0.2) is 61.2 Å². The van der Waals surface area contributed by atoms with Gasteiger partial charge in [-0.15, -0.1) is 0 Å². The number of nitrogens with zero attached hydrogens (tertiary/aromatic N) is 3. The molecule has 0 spiro atoms. The standard InChI is InChI=1S/C17H17ClN4/c1-22-10-9-20-17(22)11-16(13-5-3-2-4-6-13)21-15-7-8-19-12-14(15)18/h2-10,12,16H,11H2,1H3,(H,19,21)/t16-/m0/s1. The minimum Gasteiger partial charge on any atom is -0.376 e. The monoisotopic (exact) mass is 312 g/mol. The summed E-state index contributed by atoms with van der Waals surface area (Å²) in [5, 5.41) is 4.12. The summed E-state index contributed by atoms with van der Waals surface area (Å²) >= 11 is 6.22. The molecule has 1 aromatic carbocycles. The van der Waals surface area contributed by atoms with Crippen molar-refractivity contribution in [2.75, 3.05) is 5.32 Å². The lowest BCUT2D eigenvalue weighted by molar-refractivity contribution is 0.693. The fraction of sp³-hybridized carbons (Fsp3) is 0.176. The van der Waals surface area contributed by atoms with Crippen LogP contribution in [0.1, 0.15) is 17.4 Å². The van der Waals surface area contributed by atoms with Gasteiger partial charge in [-0.2, -0.15) is 0 Å². The number of imidazole rings is 1. The third kappa shape index (κ3) is 3.28. The van der Waals surface area contributed by atoms with Crippen LogP contribution in [-0.2, 0) is 13.5 Å². The molecule has 3 rings (SSSR count). The van der Waals surface area contributed by atoms with E-state index in [0.29, 0.717) is 5.02 Å². The van der Waals surface area contributed by atoms with Crippen molar-refractivity contribution in [3.8, 4) is 0 Å². The lowest BCUT2D eigenvalue weighted by atomic mass is 10.0. The molecule has 1 atom stereocenters. The molecule has 3 aromatic rings. The number of halogens is 1. The van der Waals surface area contributed by atoms with E-state index in [0.717, 1.165) is 17.9 Å². The summed E-state index contributed by atoms with van der Waals surface area (Å²) in [7, 11) is 2.00. The first kappa shape index (κ1) is 14.6. The van der Waals surface area contributed by atoms with Gasteiger partial charge in [0, 0.05) is 38.3 Å². The number of anilines is 1. The van der Waals surface area contributed by atoms with E-state index in [1.165, 1.54) is 5.56 Å². The van der Waals surface area contributed by atoms with Crippen LogP contribution in [0.2, 0.25) is 5.02 Å². The first-order valence-electron chi connectivity index (χ1n) is 7.11. The van der Waals surface area contributed by atoms with Crippen molar-refractivity contribution in [3.05, 3.63) is 77.6 Å². The minimum atomic E-state index is 0.0854. The lowest BCUT2D eigenvalue weighted by Gasteiger charge is -2.21. The van der Waals surface area contributed by atoms with Gasteiger partial charge >= 0.3 is 0 Å². The highest BCUT2D eigenvalue weighted by Crippen LogP contribution is 2.27. The third-order valence-corrected chi connectivity index (χ3v) is 3.91. The van der Waals surface area contributed by atoms with Gasteiger partial charge in [-0.1, -0.05) is 41.9 Å². The van der Waals surface area contributed by atoms with Crippen molar-refractivity contribution < 1.29 is 0 Å². The average molecular weight is 313 g/mol. The van der Waals surface area contributed by atoms with E-state index in [1.807, 2.05) is 48.3 Å². The zero-order valence-electron chi connectivity index (χ0n) is 12.3. The number of hydrogen-bond donors (Lipinski definition) is 1. The summed E-state index contributed by atoms with van der Waals surface area (Å²) in [5.74, 6) is 1.02. The highest BCUT2D eigenvalue weighted by molar-refractivity contribution is 6.33. The molecule has 0 aliphatic heterocycles. The van der Waals surface area contributed by atoms with Gasteiger partial charge in [-0.3, -0.25) is 4.98 Å². The van der Waals surface area contributed by atoms with E-state index in [2.05, 4.69) is 27.4 Å². The summed E-state index contributed by atoms with van der Waals surface area (Å²) in [6, 6.07) is 12.3. The van der Waals surface area contributed by atoms with Crippen molar-refractivity contribution in [3.63, 3.8) is 0 Å². The molecule has 0 bridgehead atoms. The number of nitrogens with one attached hydrogen (secondary N) is 1. The van der Waals surface area contributed by atoms with Crippen LogP contribution >= 0.6 is 11.6 Å². The number of hydrogen-bond acceptors (Lipinski definition) is 3. The molecule has 4 nitrogen and oxygen atoms in total. The number of benzene rings is 1. The highest BCUT2D eigenvalue weighted by atomic mass is 35.5. The Kier molecular flexibility index (Phi) is 4.39. The van der Waals surface area contributed by atoms with Crippen molar-refractivity contribution >= 4 is 17.3 Å². The fourth-order valence-corrected chi connectivity index (χ4v) is 2.57. The van der Waals surface area contributed by atoms with Gasteiger partial charge in [0.2, 0.25) is 0 Å². The summed E-state index contributed by atoms with van der Waals surface area (Å²) in [6.45, 7) is 0. The second-order valence-electron chi connectivity index (χ2n) is 5.12. The van der Waals surface area contributed by atoms with Crippen LogP contribution in [0, 0.1) is 0 Å². The smallest absolute Gasteiger partial charge is 0.110 e. The van der Waals surface area contributed by atoms with E-state index in [-0.39, 0.29) is 6.04 Å². The molecule has 0 radical (unpaired) electrons. The zero-order chi connectivity index (χ0) is 15.4.